The first-order chi connectivity index (χ1) is 25.8. The van der Waals surface area contributed by atoms with Gasteiger partial charge in [-0.3, -0.25) is 13.8 Å². The summed E-state index contributed by atoms with van der Waals surface area (Å²) in [5, 5.41) is 0. The maximum Gasteiger partial charge on any atom is 0.472 e. The highest BCUT2D eigenvalue weighted by atomic mass is 31.2. The maximum absolute atomic E-state index is 12.4. The third kappa shape index (κ3) is 39.2. The van der Waals surface area contributed by atoms with Crippen LogP contribution >= 0.6 is 7.82 Å². The van der Waals surface area contributed by atoms with E-state index < -0.39 is 32.5 Å². The molecule has 53 heavy (non-hydrogen) atoms. The Labute approximate surface area is 323 Å². The highest BCUT2D eigenvalue weighted by Gasteiger charge is 2.25. The molecule has 2 atom stereocenters. The molecule has 306 valence electrons. The zero-order valence-corrected chi connectivity index (χ0v) is 34.4. The molecule has 0 bridgehead atoms. The van der Waals surface area contributed by atoms with Crippen molar-refractivity contribution in [3.63, 3.8) is 0 Å². The molecule has 9 nitrogen and oxygen atoms in total. The smallest absolute Gasteiger partial charge is 0.462 e. The molecule has 0 aliphatic rings. The van der Waals surface area contributed by atoms with Gasteiger partial charge in [0.25, 0.3) is 0 Å². The minimum Gasteiger partial charge on any atom is -0.462 e. The molecule has 0 spiro atoms. The highest BCUT2D eigenvalue weighted by Crippen LogP contribution is 2.43. The number of carbonyl (C=O) groups excluding carboxylic acids is 2. The van der Waals surface area contributed by atoms with Crippen LogP contribution in [0.5, 0.6) is 0 Å². The molecule has 1 unspecified atom stereocenters. The van der Waals surface area contributed by atoms with Crippen molar-refractivity contribution in [3.05, 3.63) is 60.8 Å². The Morgan fingerprint density at radius 1 is 0.604 bits per heavy atom. The van der Waals surface area contributed by atoms with E-state index in [1.807, 2.05) is 24.3 Å². The number of hydrogen-bond acceptors (Lipinski definition) is 8. The van der Waals surface area contributed by atoms with Crippen LogP contribution in [0.4, 0.5) is 0 Å². The van der Waals surface area contributed by atoms with Crippen molar-refractivity contribution < 1.29 is 37.6 Å². The van der Waals surface area contributed by atoms with Gasteiger partial charge in [0.1, 0.15) is 6.61 Å². The number of hydrogen-bond donors (Lipinski definition) is 2. The number of nitrogens with two attached hydrogens (primary N) is 1. The van der Waals surface area contributed by atoms with E-state index in [1.54, 1.807) is 12.2 Å². The van der Waals surface area contributed by atoms with Gasteiger partial charge in [0.05, 0.1) is 13.2 Å². The number of ether oxygens (including phenoxy) is 2. The fourth-order valence-electron chi connectivity index (χ4n) is 5.51. The first-order valence-electron chi connectivity index (χ1n) is 20.9. The lowest BCUT2D eigenvalue weighted by Crippen LogP contribution is -2.29. The lowest BCUT2D eigenvalue weighted by molar-refractivity contribution is -0.157. The van der Waals surface area contributed by atoms with E-state index in [4.69, 9.17) is 24.3 Å². The van der Waals surface area contributed by atoms with E-state index in [1.165, 1.54) is 134 Å². The number of unbranched alkanes of at least 4 members (excludes halogenated alkanes) is 21. The SMILES string of the molecule is CCCCCCCCCC=CC=CC=CC=CC=CC(=O)O[C@H](COC(=O)CCCCCCCCCCCCCCCCC)COP(=O)(O)OCCN. The Balaban J connectivity index is 4.40. The predicted octanol–water partition coefficient (Wildman–Crippen LogP) is 11.7. The average Bonchev–Trinajstić information content (AvgIpc) is 3.14. The number of carbonyl (C=O) groups is 2. The van der Waals surface area contributed by atoms with Gasteiger partial charge in [-0.25, -0.2) is 9.36 Å². The molecule has 0 fully saturated rings. The van der Waals surface area contributed by atoms with Crippen LogP contribution in [0.2, 0.25) is 0 Å². The summed E-state index contributed by atoms with van der Waals surface area (Å²) < 4.78 is 32.5. The first-order valence-corrected chi connectivity index (χ1v) is 22.4. The molecule has 0 saturated carbocycles. The van der Waals surface area contributed by atoms with Crippen molar-refractivity contribution in [2.75, 3.05) is 26.4 Å². The van der Waals surface area contributed by atoms with Crippen molar-refractivity contribution in [3.8, 4) is 0 Å². The predicted molar refractivity (Wildman–Crippen MR) is 219 cm³/mol. The topological polar surface area (TPSA) is 134 Å². The van der Waals surface area contributed by atoms with E-state index in [2.05, 4.69) is 26.0 Å². The zero-order chi connectivity index (χ0) is 38.9. The number of phosphoric ester groups is 1. The van der Waals surface area contributed by atoms with E-state index in [9.17, 15) is 19.0 Å². The van der Waals surface area contributed by atoms with Crippen molar-refractivity contribution in [2.24, 2.45) is 5.73 Å². The Morgan fingerprint density at radius 2 is 1.06 bits per heavy atom. The second-order valence-electron chi connectivity index (χ2n) is 13.7. The van der Waals surface area contributed by atoms with E-state index >= 15 is 0 Å². The van der Waals surface area contributed by atoms with E-state index in [0.717, 1.165) is 19.3 Å². The molecule has 10 heteroatoms. The second-order valence-corrected chi connectivity index (χ2v) is 15.1. The van der Waals surface area contributed by atoms with Crippen LogP contribution in [0.25, 0.3) is 0 Å². The summed E-state index contributed by atoms with van der Waals surface area (Å²) >= 11 is 0. The third-order valence-electron chi connectivity index (χ3n) is 8.61. The van der Waals surface area contributed by atoms with Crippen LogP contribution in [0, 0.1) is 0 Å². The van der Waals surface area contributed by atoms with Crippen molar-refractivity contribution in [1.82, 2.24) is 0 Å². The summed E-state index contributed by atoms with van der Waals surface area (Å²) in [6, 6.07) is 0. The Morgan fingerprint density at radius 3 is 1.57 bits per heavy atom. The lowest BCUT2D eigenvalue weighted by atomic mass is 10.0. The number of allylic oxidation sites excluding steroid dienone is 9. The van der Waals surface area contributed by atoms with Crippen LogP contribution in [-0.2, 0) is 32.7 Å². The maximum atomic E-state index is 12.4. The normalized spacial score (nSPS) is 14.0. The largest absolute Gasteiger partial charge is 0.472 e. The number of esters is 2. The van der Waals surface area contributed by atoms with Crippen LogP contribution < -0.4 is 5.73 Å². The minimum absolute atomic E-state index is 0.0312. The highest BCUT2D eigenvalue weighted by molar-refractivity contribution is 7.47. The molecule has 0 aliphatic carbocycles. The van der Waals surface area contributed by atoms with Crippen molar-refractivity contribution in [1.29, 1.82) is 0 Å². The molecule has 3 N–H and O–H groups in total. The molecule has 0 aliphatic heterocycles. The fourth-order valence-corrected chi connectivity index (χ4v) is 6.28. The van der Waals surface area contributed by atoms with Crippen LogP contribution in [0.3, 0.4) is 0 Å². The van der Waals surface area contributed by atoms with Crippen molar-refractivity contribution in [2.45, 2.75) is 174 Å². The summed E-state index contributed by atoms with van der Waals surface area (Å²) in [6.45, 7) is 3.54. The summed E-state index contributed by atoms with van der Waals surface area (Å²) in [6.07, 6.45) is 46.1. The quantitative estimate of drug-likeness (QED) is 0.0207. The molecule has 0 radical (unpaired) electrons. The Bertz CT molecular complexity index is 1050. The summed E-state index contributed by atoms with van der Waals surface area (Å²) in [5.74, 6) is -1.14. The van der Waals surface area contributed by atoms with Gasteiger partial charge in [-0.05, 0) is 19.3 Å². The van der Waals surface area contributed by atoms with E-state index in [0.29, 0.717) is 6.42 Å². The second kappa shape index (κ2) is 39.4. The zero-order valence-electron chi connectivity index (χ0n) is 33.5. The monoisotopic (exact) mass is 766 g/mol. The van der Waals surface area contributed by atoms with Gasteiger partial charge in [-0.15, -0.1) is 0 Å². The molecular weight excluding hydrogens is 689 g/mol. The lowest BCUT2D eigenvalue weighted by Gasteiger charge is -2.19. The van der Waals surface area contributed by atoms with Gasteiger partial charge in [0.2, 0.25) is 0 Å². The standard InChI is InChI=1S/C43H76NO8P/c1-3-5-7-9-11-13-15-17-19-20-22-24-26-28-30-32-34-36-43(46)52-41(40-51-53(47,48)50-38-37-44)39-49-42(45)35-33-31-29-27-25-23-21-18-16-14-12-10-8-6-4-2/h19-20,22,24,26,28,30,32,34,36,41H,3-18,21,23,25,27,29,31,33,35,37-40,44H2,1-2H3,(H,47,48)/t41-/m1/s1. The Hall–Kier alpha value is -2.29. The van der Waals surface area contributed by atoms with Gasteiger partial charge >= 0.3 is 19.8 Å². The number of phosphoric acid groups is 1. The van der Waals surface area contributed by atoms with Crippen LogP contribution in [0.15, 0.2) is 60.8 Å². The molecular formula is C43H76NO8P. The molecule has 0 aromatic heterocycles. The molecule has 0 aromatic rings. The molecule has 0 rings (SSSR count). The van der Waals surface area contributed by atoms with Crippen LogP contribution in [-0.4, -0.2) is 49.3 Å². The summed E-state index contributed by atoms with van der Waals surface area (Å²) in [4.78, 5) is 34.6. The minimum atomic E-state index is -4.41. The van der Waals surface area contributed by atoms with Gasteiger partial charge in [0, 0.05) is 19.0 Å². The van der Waals surface area contributed by atoms with Gasteiger partial charge < -0.3 is 20.1 Å². The average molecular weight is 766 g/mol. The summed E-state index contributed by atoms with van der Waals surface area (Å²) in [7, 11) is -4.41. The fraction of sp³-hybridized carbons (Fsp3) is 0.721. The Kier molecular flexibility index (Phi) is 37.7. The molecule has 0 heterocycles. The summed E-state index contributed by atoms with van der Waals surface area (Å²) in [5.41, 5.74) is 5.33. The molecule has 0 saturated heterocycles. The van der Waals surface area contributed by atoms with E-state index in [-0.39, 0.29) is 26.2 Å². The first kappa shape index (κ1) is 50.7. The van der Waals surface area contributed by atoms with Gasteiger partial charge in [-0.2, -0.15) is 0 Å². The third-order valence-corrected chi connectivity index (χ3v) is 9.60. The van der Waals surface area contributed by atoms with Crippen molar-refractivity contribution >= 4 is 19.8 Å². The molecule has 0 aromatic carbocycles. The van der Waals surface area contributed by atoms with Gasteiger partial charge in [-0.1, -0.05) is 197 Å². The van der Waals surface area contributed by atoms with Crippen LogP contribution in [0.1, 0.15) is 168 Å². The molecule has 0 amide bonds. The van der Waals surface area contributed by atoms with Gasteiger partial charge in [0.15, 0.2) is 6.10 Å². The number of rotatable bonds is 38.